The SMILES string of the molecule is O=[SH](=O)OCC(O)(C(F)(F)F)C(F)(F)F. The fraction of sp³-hybridized carbons (Fsp3) is 1.00. The third kappa shape index (κ3) is 3.21. The number of alkyl halides is 6. The van der Waals surface area contributed by atoms with Crippen LogP contribution in [-0.2, 0) is 15.2 Å². The molecule has 0 aromatic rings. The highest BCUT2D eigenvalue weighted by Gasteiger charge is 2.70. The largest absolute Gasteiger partial charge is 0.428 e. The molecule has 0 rings (SSSR count). The van der Waals surface area contributed by atoms with E-state index in [1.54, 1.807) is 0 Å². The standard InChI is InChI=1S/C4H4F6O4S/c5-3(6,7)2(11,4(8,9)10)1-14-15(12)13/h11,15H,1H2. The van der Waals surface area contributed by atoms with Crippen molar-refractivity contribution in [2.45, 2.75) is 18.0 Å². The zero-order valence-electron chi connectivity index (χ0n) is 6.59. The Balaban J connectivity index is 5.06. The molecule has 0 unspecified atom stereocenters. The van der Waals surface area contributed by atoms with E-state index in [1.165, 1.54) is 0 Å². The number of hydrogen-bond acceptors (Lipinski definition) is 4. The molecule has 0 aliphatic carbocycles. The molecular formula is C4H4F6O4S. The topological polar surface area (TPSA) is 63.6 Å². The molecule has 0 amide bonds. The van der Waals surface area contributed by atoms with Crippen molar-refractivity contribution in [2.24, 2.45) is 0 Å². The van der Waals surface area contributed by atoms with Gasteiger partial charge in [0.15, 0.2) is 0 Å². The molecule has 0 heterocycles. The molecule has 0 bridgehead atoms. The average molecular weight is 262 g/mol. The van der Waals surface area contributed by atoms with Crippen LogP contribution in [0.3, 0.4) is 0 Å². The Morgan fingerprint density at radius 1 is 1.00 bits per heavy atom. The summed E-state index contributed by atoms with van der Waals surface area (Å²) in [7, 11) is -3.92. The summed E-state index contributed by atoms with van der Waals surface area (Å²) in [6.07, 6.45) is -12.2. The van der Waals surface area contributed by atoms with Gasteiger partial charge in [0.2, 0.25) is 0 Å². The van der Waals surface area contributed by atoms with Crippen molar-refractivity contribution in [3.8, 4) is 0 Å². The van der Waals surface area contributed by atoms with Crippen LogP contribution in [0.5, 0.6) is 0 Å². The maximum absolute atomic E-state index is 11.8. The third-order valence-electron chi connectivity index (χ3n) is 1.32. The molecule has 4 nitrogen and oxygen atoms in total. The van der Waals surface area contributed by atoms with E-state index in [1.807, 2.05) is 0 Å². The Labute approximate surface area is 80.6 Å². The zero-order chi connectivity index (χ0) is 12.5. The van der Waals surface area contributed by atoms with Crippen LogP contribution in [0.25, 0.3) is 0 Å². The Bertz CT molecular complexity index is 268. The van der Waals surface area contributed by atoms with Crippen LogP contribution in [0.15, 0.2) is 0 Å². The molecule has 1 N–H and O–H groups in total. The molecule has 0 fully saturated rings. The molecule has 0 atom stereocenters. The van der Waals surface area contributed by atoms with E-state index >= 15 is 0 Å². The van der Waals surface area contributed by atoms with E-state index in [2.05, 4.69) is 4.18 Å². The summed E-state index contributed by atoms with van der Waals surface area (Å²) in [5.41, 5.74) is -5.20. The fourth-order valence-electron chi connectivity index (χ4n) is 0.470. The van der Waals surface area contributed by atoms with Crippen molar-refractivity contribution in [3.05, 3.63) is 0 Å². The van der Waals surface area contributed by atoms with Crippen molar-refractivity contribution in [3.63, 3.8) is 0 Å². The Kier molecular flexibility index (Phi) is 3.98. The van der Waals surface area contributed by atoms with Crippen molar-refractivity contribution in [2.75, 3.05) is 6.61 Å². The van der Waals surface area contributed by atoms with Gasteiger partial charge in [-0.15, -0.1) is 0 Å². The van der Waals surface area contributed by atoms with Crippen molar-refractivity contribution < 1.29 is 44.0 Å². The maximum Gasteiger partial charge on any atom is 0.428 e. The summed E-state index contributed by atoms with van der Waals surface area (Å²) >= 11 is 0. The fourth-order valence-corrected chi connectivity index (χ4v) is 0.763. The Hall–Kier alpha value is -0.550. The second kappa shape index (κ2) is 4.14. The Morgan fingerprint density at radius 3 is 1.53 bits per heavy atom. The molecule has 15 heavy (non-hydrogen) atoms. The van der Waals surface area contributed by atoms with Gasteiger partial charge < -0.3 is 5.11 Å². The molecular weight excluding hydrogens is 258 g/mol. The molecule has 0 radical (unpaired) electrons. The van der Waals surface area contributed by atoms with Crippen LogP contribution in [0.2, 0.25) is 0 Å². The second-order valence-corrected chi connectivity index (χ2v) is 3.06. The third-order valence-corrected chi connectivity index (χ3v) is 1.66. The van der Waals surface area contributed by atoms with E-state index < -0.39 is 35.5 Å². The quantitative estimate of drug-likeness (QED) is 0.570. The van der Waals surface area contributed by atoms with E-state index in [4.69, 9.17) is 5.11 Å². The van der Waals surface area contributed by atoms with E-state index in [-0.39, 0.29) is 0 Å². The number of hydrogen-bond donors (Lipinski definition) is 2. The summed E-state index contributed by atoms with van der Waals surface area (Å²) < 4.78 is 93.3. The van der Waals surface area contributed by atoms with Crippen LogP contribution in [0.1, 0.15) is 0 Å². The first-order valence-electron chi connectivity index (χ1n) is 3.05. The predicted molar refractivity (Wildman–Crippen MR) is 33.3 cm³/mol. The minimum atomic E-state index is -6.09. The first-order chi connectivity index (χ1) is 6.42. The summed E-state index contributed by atoms with van der Waals surface area (Å²) in [6, 6.07) is 0. The van der Waals surface area contributed by atoms with Crippen LogP contribution in [0, 0.1) is 0 Å². The Morgan fingerprint density at radius 2 is 1.33 bits per heavy atom. The first kappa shape index (κ1) is 14.5. The van der Waals surface area contributed by atoms with E-state index in [9.17, 15) is 34.8 Å². The first-order valence-corrected chi connectivity index (χ1v) is 4.14. The normalized spacial score (nSPS) is 14.7. The molecule has 0 spiro atoms. The summed E-state index contributed by atoms with van der Waals surface area (Å²) in [6.45, 7) is -2.46. The van der Waals surface area contributed by atoms with Gasteiger partial charge in [-0.05, 0) is 0 Å². The minimum Gasteiger partial charge on any atom is -0.372 e. The lowest BCUT2D eigenvalue weighted by molar-refractivity contribution is -0.373. The molecule has 0 aliphatic rings. The van der Waals surface area contributed by atoms with Gasteiger partial charge in [0, 0.05) is 0 Å². The van der Waals surface area contributed by atoms with E-state index in [0.29, 0.717) is 0 Å². The lowest BCUT2D eigenvalue weighted by Crippen LogP contribution is -2.59. The van der Waals surface area contributed by atoms with Crippen LogP contribution in [-0.4, -0.2) is 38.1 Å². The second-order valence-electron chi connectivity index (χ2n) is 2.35. The monoisotopic (exact) mass is 262 g/mol. The molecule has 92 valence electrons. The lowest BCUT2D eigenvalue weighted by atomic mass is 10.1. The number of aliphatic hydroxyl groups is 1. The van der Waals surface area contributed by atoms with Gasteiger partial charge in [0.05, 0.1) is 0 Å². The molecule has 0 aromatic carbocycles. The summed E-state index contributed by atoms with van der Waals surface area (Å²) in [4.78, 5) is 0. The van der Waals surface area contributed by atoms with Crippen LogP contribution < -0.4 is 0 Å². The molecule has 11 heteroatoms. The highest BCUT2D eigenvalue weighted by atomic mass is 32.2. The van der Waals surface area contributed by atoms with Crippen molar-refractivity contribution in [1.29, 1.82) is 0 Å². The summed E-state index contributed by atoms with van der Waals surface area (Å²) in [5.74, 6) is 0. The average Bonchev–Trinajstić information content (AvgIpc) is 1.95. The van der Waals surface area contributed by atoms with Crippen molar-refractivity contribution in [1.82, 2.24) is 0 Å². The van der Waals surface area contributed by atoms with Gasteiger partial charge >= 0.3 is 12.4 Å². The van der Waals surface area contributed by atoms with Crippen LogP contribution in [0.4, 0.5) is 26.3 Å². The summed E-state index contributed by atoms with van der Waals surface area (Å²) in [5, 5.41) is 8.29. The predicted octanol–water partition coefficient (Wildman–Crippen LogP) is 0.385. The molecule has 0 aliphatic heterocycles. The van der Waals surface area contributed by atoms with Gasteiger partial charge in [-0.3, -0.25) is 4.18 Å². The number of halogens is 6. The minimum absolute atomic E-state index is 2.46. The van der Waals surface area contributed by atoms with Crippen molar-refractivity contribution >= 4 is 11.0 Å². The van der Waals surface area contributed by atoms with Gasteiger partial charge in [-0.25, -0.2) is 8.42 Å². The van der Waals surface area contributed by atoms with Gasteiger partial charge in [0.25, 0.3) is 16.6 Å². The number of rotatable bonds is 3. The molecule has 0 saturated heterocycles. The zero-order valence-corrected chi connectivity index (χ0v) is 7.49. The lowest BCUT2D eigenvalue weighted by Gasteiger charge is -2.30. The highest BCUT2D eigenvalue weighted by Crippen LogP contribution is 2.43. The van der Waals surface area contributed by atoms with Crippen LogP contribution >= 0.6 is 0 Å². The molecule has 0 saturated carbocycles. The highest BCUT2D eigenvalue weighted by molar-refractivity contribution is 7.67. The van der Waals surface area contributed by atoms with E-state index in [0.717, 1.165) is 0 Å². The smallest absolute Gasteiger partial charge is 0.372 e. The maximum atomic E-state index is 11.8. The van der Waals surface area contributed by atoms with Gasteiger partial charge in [-0.1, -0.05) is 0 Å². The number of thiol groups is 1. The molecule has 0 aromatic heterocycles. The van der Waals surface area contributed by atoms with Gasteiger partial charge in [-0.2, -0.15) is 26.3 Å². The van der Waals surface area contributed by atoms with Gasteiger partial charge in [0.1, 0.15) is 6.61 Å².